The summed E-state index contributed by atoms with van der Waals surface area (Å²) in [5.74, 6) is -0.881. The molecule has 2 rings (SSSR count). The van der Waals surface area contributed by atoms with Crippen molar-refractivity contribution in [3.8, 4) is 5.75 Å². The molecule has 0 aliphatic heterocycles. The lowest BCUT2D eigenvalue weighted by Gasteiger charge is -2.09. The fourth-order valence-electron chi connectivity index (χ4n) is 2.49. The van der Waals surface area contributed by atoms with Gasteiger partial charge >= 0.3 is 5.97 Å². The molecule has 0 heterocycles. The number of nitrogens with one attached hydrogen (secondary N) is 2. The maximum atomic E-state index is 12.2. The molecule has 142 valence electrons. The Labute approximate surface area is 157 Å². The average molecular weight is 370 g/mol. The number of amides is 2. The molecular weight excluding hydrogens is 348 g/mol. The molecule has 0 unspecified atom stereocenters. The Morgan fingerprint density at radius 1 is 0.963 bits per heavy atom. The van der Waals surface area contributed by atoms with Crippen LogP contribution in [-0.4, -0.2) is 36.5 Å². The Morgan fingerprint density at radius 3 is 2.22 bits per heavy atom. The second kappa shape index (κ2) is 9.38. The molecule has 0 spiro atoms. The molecule has 2 aromatic carbocycles. The van der Waals surface area contributed by atoms with Gasteiger partial charge in [0, 0.05) is 5.69 Å². The molecule has 0 fully saturated rings. The number of ether oxygens (including phenoxy) is 1. The normalized spacial score (nSPS) is 10.1. The highest BCUT2D eigenvalue weighted by molar-refractivity contribution is 5.92. The summed E-state index contributed by atoms with van der Waals surface area (Å²) in [4.78, 5) is 34.2. The molecule has 0 atom stereocenters. The summed E-state index contributed by atoms with van der Waals surface area (Å²) in [6, 6.07) is 12.5. The number of hydrogen-bond donors (Lipinski definition) is 3. The van der Waals surface area contributed by atoms with Crippen LogP contribution in [0.5, 0.6) is 5.75 Å². The van der Waals surface area contributed by atoms with Crippen molar-refractivity contribution in [2.75, 3.05) is 19.0 Å². The minimum atomic E-state index is -1.09. The molecule has 0 saturated heterocycles. The van der Waals surface area contributed by atoms with E-state index in [9.17, 15) is 14.4 Å². The number of carbonyl (C=O) groups is 3. The standard InChI is InChI=1S/C20H22N2O5/c1-13-3-4-15(9-17(13)27-2)11-19(24)22-16-7-5-14(6-8-16)10-18(23)21-12-20(25)26/h3-9H,10-12H2,1-2H3,(H,21,23)(H,22,24)(H,25,26). The Kier molecular flexibility index (Phi) is 6.93. The molecule has 0 aliphatic rings. The van der Waals surface area contributed by atoms with Gasteiger partial charge in [-0.15, -0.1) is 0 Å². The number of hydrogen-bond acceptors (Lipinski definition) is 4. The topological polar surface area (TPSA) is 105 Å². The predicted molar refractivity (Wildman–Crippen MR) is 101 cm³/mol. The van der Waals surface area contributed by atoms with Crippen LogP contribution in [0.2, 0.25) is 0 Å². The number of rotatable bonds is 8. The number of carboxylic acid groups (broad SMARTS) is 1. The summed E-state index contributed by atoms with van der Waals surface area (Å²) in [5, 5.41) is 13.6. The van der Waals surface area contributed by atoms with Gasteiger partial charge in [-0.25, -0.2) is 0 Å². The summed E-state index contributed by atoms with van der Waals surface area (Å²) in [6.07, 6.45) is 0.292. The molecule has 2 aromatic rings. The van der Waals surface area contributed by atoms with Gasteiger partial charge in [0.1, 0.15) is 12.3 Å². The third-order valence-corrected chi connectivity index (χ3v) is 3.88. The van der Waals surface area contributed by atoms with Gasteiger partial charge in [0.25, 0.3) is 0 Å². The highest BCUT2D eigenvalue weighted by Gasteiger charge is 2.08. The number of benzene rings is 2. The van der Waals surface area contributed by atoms with Crippen molar-refractivity contribution in [1.82, 2.24) is 5.32 Å². The molecule has 2 amide bonds. The summed E-state index contributed by atoms with van der Waals surface area (Å²) in [7, 11) is 1.59. The molecule has 0 radical (unpaired) electrons. The van der Waals surface area contributed by atoms with E-state index in [0.29, 0.717) is 5.69 Å². The van der Waals surface area contributed by atoms with Crippen LogP contribution in [0.25, 0.3) is 0 Å². The molecule has 0 saturated carbocycles. The summed E-state index contributed by atoms with van der Waals surface area (Å²) in [6.45, 7) is 1.53. The fraction of sp³-hybridized carbons (Fsp3) is 0.250. The van der Waals surface area contributed by atoms with Gasteiger partial charge in [-0.1, -0.05) is 24.3 Å². The van der Waals surface area contributed by atoms with Crippen LogP contribution < -0.4 is 15.4 Å². The largest absolute Gasteiger partial charge is 0.496 e. The van der Waals surface area contributed by atoms with Gasteiger partial charge in [0.15, 0.2) is 0 Å². The fourth-order valence-corrected chi connectivity index (χ4v) is 2.49. The molecule has 0 aromatic heterocycles. The van der Waals surface area contributed by atoms with E-state index in [1.54, 1.807) is 31.4 Å². The van der Waals surface area contributed by atoms with Crippen molar-refractivity contribution in [2.45, 2.75) is 19.8 Å². The van der Waals surface area contributed by atoms with Crippen molar-refractivity contribution in [3.63, 3.8) is 0 Å². The molecule has 0 aliphatic carbocycles. The Balaban J connectivity index is 1.89. The van der Waals surface area contributed by atoms with Crippen molar-refractivity contribution in [3.05, 3.63) is 59.2 Å². The number of methoxy groups -OCH3 is 1. The molecule has 3 N–H and O–H groups in total. The highest BCUT2D eigenvalue weighted by atomic mass is 16.5. The third-order valence-electron chi connectivity index (χ3n) is 3.88. The van der Waals surface area contributed by atoms with Gasteiger partial charge in [-0.05, 0) is 41.8 Å². The van der Waals surface area contributed by atoms with Gasteiger partial charge in [-0.2, -0.15) is 0 Å². The Morgan fingerprint density at radius 2 is 1.59 bits per heavy atom. The van der Waals surface area contributed by atoms with E-state index in [1.165, 1.54) is 0 Å². The van der Waals surface area contributed by atoms with E-state index in [2.05, 4.69) is 10.6 Å². The van der Waals surface area contributed by atoms with E-state index in [-0.39, 0.29) is 24.7 Å². The Hall–Kier alpha value is -3.35. The quantitative estimate of drug-likeness (QED) is 0.659. The first-order valence-electron chi connectivity index (χ1n) is 8.38. The zero-order chi connectivity index (χ0) is 19.8. The predicted octanol–water partition coefficient (Wildman–Crippen LogP) is 1.93. The SMILES string of the molecule is COc1cc(CC(=O)Nc2ccc(CC(=O)NCC(=O)O)cc2)ccc1C. The van der Waals surface area contributed by atoms with E-state index in [0.717, 1.165) is 22.4 Å². The van der Waals surface area contributed by atoms with Crippen molar-refractivity contribution in [1.29, 1.82) is 0 Å². The van der Waals surface area contributed by atoms with Gasteiger partial charge in [0.05, 0.1) is 20.0 Å². The number of aliphatic carboxylic acids is 1. The first-order chi connectivity index (χ1) is 12.9. The molecular formula is C20H22N2O5. The average Bonchev–Trinajstić information content (AvgIpc) is 2.63. The minimum absolute atomic E-state index is 0.0741. The summed E-state index contributed by atoms with van der Waals surface area (Å²) < 4.78 is 5.26. The number of aryl methyl sites for hydroxylation is 1. The first kappa shape index (κ1) is 20.0. The second-order valence-electron chi connectivity index (χ2n) is 6.07. The van der Waals surface area contributed by atoms with Gasteiger partial charge in [-0.3, -0.25) is 14.4 Å². The molecule has 27 heavy (non-hydrogen) atoms. The van der Waals surface area contributed by atoms with Gasteiger partial charge in [0.2, 0.25) is 11.8 Å². The lowest BCUT2D eigenvalue weighted by Crippen LogP contribution is -2.30. The number of anilines is 1. The van der Waals surface area contributed by atoms with Crippen LogP contribution in [0.3, 0.4) is 0 Å². The van der Waals surface area contributed by atoms with Crippen LogP contribution in [0.15, 0.2) is 42.5 Å². The van der Waals surface area contributed by atoms with Crippen LogP contribution >= 0.6 is 0 Å². The maximum absolute atomic E-state index is 12.2. The van der Waals surface area contributed by atoms with Crippen LogP contribution in [-0.2, 0) is 27.2 Å². The van der Waals surface area contributed by atoms with Crippen molar-refractivity contribution >= 4 is 23.5 Å². The van der Waals surface area contributed by atoms with Crippen LogP contribution in [0, 0.1) is 6.92 Å². The monoisotopic (exact) mass is 370 g/mol. The van der Waals surface area contributed by atoms with E-state index < -0.39 is 12.5 Å². The summed E-state index contributed by atoms with van der Waals surface area (Å²) >= 11 is 0. The summed E-state index contributed by atoms with van der Waals surface area (Å²) in [5.41, 5.74) is 3.19. The van der Waals surface area contributed by atoms with E-state index in [1.807, 2.05) is 25.1 Å². The zero-order valence-electron chi connectivity index (χ0n) is 15.2. The van der Waals surface area contributed by atoms with Gasteiger partial charge < -0.3 is 20.5 Å². The van der Waals surface area contributed by atoms with Crippen molar-refractivity contribution in [2.24, 2.45) is 0 Å². The molecule has 7 nitrogen and oxygen atoms in total. The van der Waals surface area contributed by atoms with Crippen LogP contribution in [0.1, 0.15) is 16.7 Å². The minimum Gasteiger partial charge on any atom is -0.496 e. The number of carbonyl (C=O) groups excluding carboxylic acids is 2. The highest BCUT2D eigenvalue weighted by Crippen LogP contribution is 2.19. The first-order valence-corrected chi connectivity index (χ1v) is 8.38. The number of carboxylic acids is 1. The molecule has 7 heteroatoms. The third kappa shape index (κ3) is 6.47. The van der Waals surface area contributed by atoms with E-state index >= 15 is 0 Å². The smallest absolute Gasteiger partial charge is 0.322 e. The lowest BCUT2D eigenvalue weighted by molar-refractivity contribution is -0.137. The second-order valence-corrected chi connectivity index (χ2v) is 6.07. The Bertz CT molecular complexity index is 831. The van der Waals surface area contributed by atoms with Crippen LogP contribution in [0.4, 0.5) is 5.69 Å². The van der Waals surface area contributed by atoms with Crippen molar-refractivity contribution < 1.29 is 24.2 Å². The zero-order valence-corrected chi connectivity index (χ0v) is 15.2. The maximum Gasteiger partial charge on any atom is 0.322 e. The lowest BCUT2D eigenvalue weighted by atomic mass is 10.1. The molecule has 0 bridgehead atoms. The van der Waals surface area contributed by atoms with E-state index in [4.69, 9.17) is 9.84 Å².